The summed E-state index contributed by atoms with van der Waals surface area (Å²) in [5.74, 6) is -0.285. The third-order valence-corrected chi connectivity index (χ3v) is 3.76. The van der Waals surface area contributed by atoms with E-state index in [1.807, 2.05) is 19.1 Å². The van der Waals surface area contributed by atoms with E-state index in [1.165, 1.54) is 7.11 Å². The van der Waals surface area contributed by atoms with Gasteiger partial charge in [0.15, 0.2) is 0 Å². The van der Waals surface area contributed by atoms with E-state index in [0.717, 1.165) is 36.0 Å². The molecule has 2 N–H and O–H groups in total. The summed E-state index contributed by atoms with van der Waals surface area (Å²) in [5.41, 5.74) is 9.93. The topological polar surface area (TPSA) is 52.3 Å². The van der Waals surface area contributed by atoms with Gasteiger partial charge in [-0.3, -0.25) is 0 Å². The van der Waals surface area contributed by atoms with Crippen molar-refractivity contribution in [3.05, 3.63) is 34.4 Å². The molecule has 0 bridgehead atoms. The predicted octanol–water partition coefficient (Wildman–Crippen LogP) is 2.43. The van der Waals surface area contributed by atoms with E-state index in [4.69, 9.17) is 10.5 Å². The number of carbonyl (C=O) groups excluding carboxylic acids is 1. The molecule has 1 saturated carbocycles. The number of nitrogens with two attached hydrogens (primary N) is 1. The van der Waals surface area contributed by atoms with Gasteiger partial charge in [-0.15, -0.1) is 0 Å². The molecule has 1 aliphatic rings. The molecule has 0 aromatic heterocycles. The van der Waals surface area contributed by atoms with Gasteiger partial charge in [-0.05, 0) is 55.9 Å². The van der Waals surface area contributed by atoms with Crippen molar-refractivity contribution >= 4 is 5.97 Å². The zero-order valence-electron chi connectivity index (χ0n) is 10.7. The van der Waals surface area contributed by atoms with Crippen molar-refractivity contribution in [1.29, 1.82) is 0 Å². The number of rotatable bonds is 2. The Balaban J connectivity index is 2.49. The highest BCUT2D eigenvalue weighted by Gasteiger charge is 2.36. The van der Waals surface area contributed by atoms with E-state index in [-0.39, 0.29) is 11.5 Å². The lowest BCUT2D eigenvalue weighted by Gasteiger charge is -2.40. The highest BCUT2D eigenvalue weighted by Crippen LogP contribution is 2.40. The molecule has 0 atom stereocenters. The average Bonchev–Trinajstić information content (AvgIpc) is 2.25. The van der Waals surface area contributed by atoms with Crippen LogP contribution in [0.1, 0.15) is 46.3 Å². The highest BCUT2D eigenvalue weighted by molar-refractivity contribution is 5.91. The molecule has 1 aromatic rings. The van der Waals surface area contributed by atoms with Crippen molar-refractivity contribution in [3.8, 4) is 0 Å². The molecule has 0 saturated heterocycles. The Morgan fingerprint density at radius 1 is 1.29 bits per heavy atom. The van der Waals surface area contributed by atoms with Crippen molar-refractivity contribution in [2.45, 2.75) is 38.6 Å². The smallest absolute Gasteiger partial charge is 0.338 e. The Hall–Kier alpha value is -1.35. The summed E-state index contributed by atoms with van der Waals surface area (Å²) in [6.45, 7) is 3.98. The van der Waals surface area contributed by atoms with Crippen molar-refractivity contribution in [2.24, 2.45) is 5.73 Å². The molecule has 17 heavy (non-hydrogen) atoms. The molecule has 2 rings (SSSR count). The Morgan fingerprint density at radius 2 is 1.94 bits per heavy atom. The van der Waals surface area contributed by atoms with Crippen LogP contribution in [0.5, 0.6) is 0 Å². The fourth-order valence-electron chi connectivity index (χ4n) is 2.55. The second-order valence-corrected chi connectivity index (χ2v) is 4.98. The number of carbonyl (C=O) groups is 1. The maximum absolute atomic E-state index is 11.7. The first kappa shape index (κ1) is 12.1. The average molecular weight is 233 g/mol. The number of hydrogen-bond acceptors (Lipinski definition) is 3. The minimum Gasteiger partial charge on any atom is -0.465 e. The van der Waals surface area contributed by atoms with E-state index in [0.29, 0.717) is 5.56 Å². The van der Waals surface area contributed by atoms with Gasteiger partial charge >= 0.3 is 5.97 Å². The molecule has 0 aliphatic heterocycles. The Labute approximate surface area is 102 Å². The Morgan fingerprint density at radius 3 is 2.41 bits per heavy atom. The zero-order valence-corrected chi connectivity index (χ0v) is 10.7. The molecular formula is C14H19NO2. The van der Waals surface area contributed by atoms with E-state index in [9.17, 15) is 4.79 Å². The first-order valence-electron chi connectivity index (χ1n) is 5.97. The summed E-state index contributed by atoms with van der Waals surface area (Å²) in [6.07, 6.45) is 3.16. The Kier molecular flexibility index (Phi) is 2.96. The summed E-state index contributed by atoms with van der Waals surface area (Å²) >= 11 is 0. The van der Waals surface area contributed by atoms with Crippen molar-refractivity contribution in [3.63, 3.8) is 0 Å². The van der Waals surface area contributed by atoms with Gasteiger partial charge in [-0.1, -0.05) is 6.07 Å². The maximum Gasteiger partial charge on any atom is 0.338 e. The second-order valence-electron chi connectivity index (χ2n) is 4.98. The zero-order chi connectivity index (χ0) is 12.6. The minimum absolute atomic E-state index is 0.236. The van der Waals surface area contributed by atoms with Crippen LogP contribution in [0.15, 0.2) is 12.1 Å². The van der Waals surface area contributed by atoms with Gasteiger partial charge in [0, 0.05) is 5.54 Å². The lowest BCUT2D eigenvalue weighted by molar-refractivity contribution is 0.0599. The summed E-state index contributed by atoms with van der Waals surface area (Å²) in [4.78, 5) is 11.7. The van der Waals surface area contributed by atoms with Crippen LogP contribution in [0, 0.1) is 13.8 Å². The van der Waals surface area contributed by atoms with Crippen molar-refractivity contribution < 1.29 is 9.53 Å². The Bertz CT molecular complexity index is 462. The summed E-state index contributed by atoms with van der Waals surface area (Å²) in [5, 5.41) is 0. The quantitative estimate of drug-likeness (QED) is 0.798. The molecule has 0 heterocycles. The molecule has 1 fully saturated rings. The monoisotopic (exact) mass is 233 g/mol. The van der Waals surface area contributed by atoms with Crippen LogP contribution in [0.2, 0.25) is 0 Å². The number of esters is 1. The molecule has 3 nitrogen and oxygen atoms in total. The number of methoxy groups -OCH3 is 1. The highest BCUT2D eigenvalue weighted by atomic mass is 16.5. The van der Waals surface area contributed by atoms with E-state index < -0.39 is 0 Å². The first-order valence-corrected chi connectivity index (χ1v) is 5.97. The fourth-order valence-corrected chi connectivity index (χ4v) is 2.55. The van der Waals surface area contributed by atoms with Crippen molar-refractivity contribution in [2.75, 3.05) is 7.11 Å². The molecule has 3 heteroatoms. The lowest BCUT2D eigenvalue weighted by atomic mass is 9.71. The molecular weight excluding hydrogens is 214 g/mol. The van der Waals surface area contributed by atoms with Gasteiger partial charge in [0.25, 0.3) is 0 Å². The third-order valence-electron chi connectivity index (χ3n) is 3.76. The molecule has 0 spiro atoms. The van der Waals surface area contributed by atoms with Crippen molar-refractivity contribution in [1.82, 2.24) is 0 Å². The van der Waals surface area contributed by atoms with Crippen LogP contribution in [0.4, 0.5) is 0 Å². The van der Waals surface area contributed by atoms with E-state index >= 15 is 0 Å². The lowest BCUT2D eigenvalue weighted by Crippen LogP contribution is -2.44. The standard InChI is InChI=1S/C14H19NO2/c1-9-7-10(2)12(14(15)5-4-6-14)8-11(9)13(16)17-3/h7-8H,4-6,15H2,1-3H3. The van der Waals surface area contributed by atoms with Crippen LogP contribution in [-0.2, 0) is 10.3 Å². The van der Waals surface area contributed by atoms with Crippen LogP contribution < -0.4 is 5.73 Å². The summed E-state index contributed by atoms with van der Waals surface area (Å²) in [7, 11) is 1.41. The van der Waals surface area contributed by atoms with Gasteiger partial charge in [-0.25, -0.2) is 4.79 Å². The number of hydrogen-bond donors (Lipinski definition) is 1. The molecule has 0 radical (unpaired) electrons. The number of benzene rings is 1. The molecule has 0 unspecified atom stereocenters. The molecule has 1 aromatic carbocycles. The van der Waals surface area contributed by atoms with Crippen LogP contribution >= 0.6 is 0 Å². The SMILES string of the molecule is COC(=O)c1cc(C2(N)CCC2)c(C)cc1C. The maximum atomic E-state index is 11.7. The van der Waals surface area contributed by atoms with Crippen LogP contribution in [0.3, 0.4) is 0 Å². The fraction of sp³-hybridized carbons (Fsp3) is 0.500. The number of ether oxygens (including phenoxy) is 1. The van der Waals surface area contributed by atoms with Crippen LogP contribution in [0.25, 0.3) is 0 Å². The summed E-state index contributed by atoms with van der Waals surface area (Å²) < 4.78 is 4.80. The number of aryl methyl sites for hydroxylation is 2. The predicted molar refractivity (Wildman–Crippen MR) is 67.0 cm³/mol. The van der Waals surface area contributed by atoms with Gasteiger partial charge in [0.1, 0.15) is 0 Å². The minimum atomic E-state index is -0.285. The van der Waals surface area contributed by atoms with E-state index in [2.05, 4.69) is 6.92 Å². The molecule has 0 amide bonds. The second kappa shape index (κ2) is 4.15. The molecule has 92 valence electrons. The van der Waals surface area contributed by atoms with Crippen LogP contribution in [-0.4, -0.2) is 13.1 Å². The van der Waals surface area contributed by atoms with Gasteiger partial charge in [-0.2, -0.15) is 0 Å². The third kappa shape index (κ3) is 1.95. The first-order chi connectivity index (χ1) is 7.98. The van der Waals surface area contributed by atoms with Gasteiger partial charge in [0.2, 0.25) is 0 Å². The largest absolute Gasteiger partial charge is 0.465 e. The summed E-state index contributed by atoms with van der Waals surface area (Å²) in [6, 6.07) is 3.93. The van der Waals surface area contributed by atoms with E-state index in [1.54, 1.807) is 0 Å². The molecule has 1 aliphatic carbocycles. The van der Waals surface area contributed by atoms with Gasteiger partial charge < -0.3 is 10.5 Å². The normalized spacial score (nSPS) is 17.4. The van der Waals surface area contributed by atoms with Gasteiger partial charge in [0.05, 0.1) is 12.7 Å².